The zero-order valence-electron chi connectivity index (χ0n) is 10.8. The third kappa shape index (κ3) is 2.44. The minimum absolute atomic E-state index is 0.105. The van der Waals surface area contributed by atoms with Crippen molar-refractivity contribution in [2.24, 2.45) is 0 Å². The molecule has 21 heavy (non-hydrogen) atoms. The molecule has 0 aliphatic rings. The van der Waals surface area contributed by atoms with E-state index in [4.69, 9.17) is 0 Å². The number of aryl methyl sites for hydroxylation is 1. The summed E-state index contributed by atoms with van der Waals surface area (Å²) in [7, 11) is 0. The zero-order valence-corrected chi connectivity index (χ0v) is 11.6. The van der Waals surface area contributed by atoms with E-state index in [0.717, 1.165) is 21.2 Å². The molecule has 0 N–H and O–H groups in total. The van der Waals surface area contributed by atoms with Crippen LogP contribution in [0.25, 0.3) is 5.52 Å². The molecule has 0 bridgehead atoms. The summed E-state index contributed by atoms with van der Waals surface area (Å²) in [5.74, 6) is 0. The van der Waals surface area contributed by atoms with E-state index < -0.39 is 17.4 Å². The Morgan fingerprint density at radius 1 is 1.33 bits per heavy atom. The second kappa shape index (κ2) is 4.69. The normalized spacial score (nSPS) is 12.2. The molecular weight excluding hydrogens is 305 g/mol. The van der Waals surface area contributed by atoms with Gasteiger partial charge in [-0.25, -0.2) is 9.50 Å². The van der Waals surface area contributed by atoms with Gasteiger partial charge in [0.1, 0.15) is 5.52 Å². The maximum Gasteiger partial charge on any atom is 0.435 e. The molecule has 0 saturated heterocycles. The maximum absolute atomic E-state index is 12.6. The van der Waals surface area contributed by atoms with Gasteiger partial charge in [-0.15, -0.1) is 11.3 Å². The van der Waals surface area contributed by atoms with Gasteiger partial charge in [0.25, 0.3) is 5.56 Å². The molecule has 0 aliphatic heterocycles. The SMILES string of the molecule is Cc1ncsc1Cn1ccn2nc(C(F)(F)F)cc2c1=O. The third-order valence-corrected chi connectivity index (χ3v) is 3.97. The zero-order chi connectivity index (χ0) is 15.2. The van der Waals surface area contributed by atoms with Crippen LogP contribution in [0, 0.1) is 6.92 Å². The fourth-order valence-corrected chi connectivity index (χ4v) is 2.70. The molecule has 0 fully saturated rings. The monoisotopic (exact) mass is 314 g/mol. The predicted octanol–water partition coefficient (Wildman–Crippen LogP) is 2.33. The Kier molecular flexibility index (Phi) is 3.08. The fraction of sp³-hybridized carbons (Fsp3) is 0.250. The van der Waals surface area contributed by atoms with E-state index in [1.807, 2.05) is 6.92 Å². The first-order chi connectivity index (χ1) is 9.86. The van der Waals surface area contributed by atoms with Crippen LogP contribution in [-0.4, -0.2) is 19.2 Å². The maximum atomic E-state index is 12.6. The number of thiazole rings is 1. The lowest BCUT2D eigenvalue weighted by molar-refractivity contribution is -0.141. The van der Waals surface area contributed by atoms with Gasteiger partial charge < -0.3 is 4.57 Å². The van der Waals surface area contributed by atoms with Crippen LogP contribution in [0.3, 0.4) is 0 Å². The largest absolute Gasteiger partial charge is 0.435 e. The van der Waals surface area contributed by atoms with Gasteiger partial charge in [0.15, 0.2) is 5.69 Å². The number of alkyl halides is 3. The van der Waals surface area contributed by atoms with Crippen LogP contribution in [0.4, 0.5) is 13.2 Å². The number of fused-ring (bicyclic) bond motifs is 1. The van der Waals surface area contributed by atoms with Crippen molar-refractivity contribution in [3.8, 4) is 0 Å². The van der Waals surface area contributed by atoms with Crippen LogP contribution in [0.2, 0.25) is 0 Å². The Morgan fingerprint density at radius 3 is 2.71 bits per heavy atom. The van der Waals surface area contributed by atoms with Gasteiger partial charge in [-0.05, 0) is 6.92 Å². The van der Waals surface area contributed by atoms with Crippen molar-refractivity contribution in [1.29, 1.82) is 0 Å². The number of nitrogens with zero attached hydrogens (tertiary/aromatic N) is 4. The van der Waals surface area contributed by atoms with Crippen molar-refractivity contribution in [3.05, 3.63) is 50.6 Å². The number of hydrogen-bond donors (Lipinski definition) is 0. The summed E-state index contributed by atoms with van der Waals surface area (Å²) in [6.45, 7) is 2.09. The summed E-state index contributed by atoms with van der Waals surface area (Å²) in [5.41, 5.74) is 0.761. The fourth-order valence-electron chi connectivity index (χ4n) is 1.92. The van der Waals surface area contributed by atoms with E-state index >= 15 is 0 Å². The molecule has 0 aliphatic carbocycles. The lowest BCUT2D eigenvalue weighted by Gasteiger charge is -2.04. The van der Waals surface area contributed by atoms with Gasteiger partial charge in [-0.3, -0.25) is 4.79 Å². The van der Waals surface area contributed by atoms with Gasteiger partial charge in [0.05, 0.1) is 17.7 Å². The standard InChI is InChI=1S/C12H9F3N4OS/c1-7-9(21-6-16-7)5-18-2-3-19-8(11(18)20)4-10(17-19)12(13,14)15/h2-4,6H,5H2,1H3. The van der Waals surface area contributed by atoms with Crippen molar-refractivity contribution in [1.82, 2.24) is 19.2 Å². The summed E-state index contributed by atoms with van der Waals surface area (Å²) in [6, 6.07) is 0.762. The van der Waals surface area contributed by atoms with Crippen molar-refractivity contribution in [2.45, 2.75) is 19.6 Å². The first-order valence-corrected chi connectivity index (χ1v) is 6.79. The van der Waals surface area contributed by atoms with Crippen molar-refractivity contribution in [3.63, 3.8) is 0 Å². The van der Waals surface area contributed by atoms with E-state index in [9.17, 15) is 18.0 Å². The lowest BCUT2D eigenvalue weighted by Crippen LogP contribution is -2.21. The first-order valence-electron chi connectivity index (χ1n) is 5.91. The van der Waals surface area contributed by atoms with Crippen molar-refractivity contribution < 1.29 is 13.2 Å². The average molecular weight is 314 g/mol. The molecule has 3 rings (SSSR count). The molecule has 3 aromatic rings. The van der Waals surface area contributed by atoms with E-state index in [1.54, 1.807) is 5.51 Å². The van der Waals surface area contributed by atoms with Crippen LogP contribution in [0.5, 0.6) is 0 Å². The summed E-state index contributed by atoms with van der Waals surface area (Å²) in [5, 5.41) is 3.37. The molecule has 3 heterocycles. The van der Waals surface area contributed by atoms with Crippen LogP contribution >= 0.6 is 11.3 Å². The Labute approximate surface area is 120 Å². The molecule has 0 amide bonds. The number of aromatic nitrogens is 4. The molecular formula is C12H9F3N4OS. The second-order valence-electron chi connectivity index (χ2n) is 4.45. The quantitative estimate of drug-likeness (QED) is 0.729. The predicted molar refractivity (Wildman–Crippen MR) is 70.4 cm³/mol. The Bertz CT molecular complexity index is 861. The highest BCUT2D eigenvalue weighted by atomic mass is 32.1. The Balaban J connectivity index is 2.08. The molecule has 0 atom stereocenters. The van der Waals surface area contributed by atoms with Gasteiger partial charge >= 0.3 is 6.18 Å². The topological polar surface area (TPSA) is 52.2 Å². The molecule has 0 spiro atoms. The van der Waals surface area contributed by atoms with Crippen molar-refractivity contribution >= 4 is 16.9 Å². The molecule has 0 unspecified atom stereocenters. The van der Waals surface area contributed by atoms with Gasteiger partial charge in [-0.1, -0.05) is 0 Å². The first kappa shape index (κ1) is 13.8. The van der Waals surface area contributed by atoms with Crippen molar-refractivity contribution in [2.75, 3.05) is 0 Å². The molecule has 0 aromatic carbocycles. The number of halogens is 3. The van der Waals surface area contributed by atoms with Gasteiger partial charge in [0, 0.05) is 23.3 Å². The van der Waals surface area contributed by atoms with E-state index in [0.29, 0.717) is 0 Å². The lowest BCUT2D eigenvalue weighted by atomic mass is 10.3. The number of hydrogen-bond acceptors (Lipinski definition) is 4. The smallest absolute Gasteiger partial charge is 0.307 e. The second-order valence-corrected chi connectivity index (χ2v) is 5.39. The Hall–Kier alpha value is -2.16. The highest BCUT2D eigenvalue weighted by Gasteiger charge is 2.34. The summed E-state index contributed by atoms with van der Waals surface area (Å²) >= 11 is 1.39. The van der Waals surface area contributed by atoms with Gasteiger partial charge in [0.2, 0.25) is 0 Å². The van der Waals surface area contributed by atoms with Gasteiger partial charge in [-0.2, -0.15) is 18.3 Å². The molecule has 110 valence electrons. The molecule has 0 saturated carbocycles. The number of rotatable bonds is 2. The van der Waals surface area contributed by atoms with E-state index in [2.05, 4.69) is 10.1 Å². The highest BCUT2D eigenvalue weighted by molar-refractivity contribution is 7.09. The van der Waals surface area contributed by atoms with Crippen LogP contribution in [-0.2, 0) is 12.7 Å². The highest BCUT2D eigenvalue weighted by Crippen LogP contribution is 2.28. The molecule has 9 heteroatoms. The van der Waals surface area contributed by atoms with Crippen LogP contribution in [0.15, 0.2) is 28.8 Å². The Morgan fingerprint density at radius 2 is 2.10 bits per heavy atom. The molecule has 0 radical (unpaired) electrons. The summed E-state index contributed by atoms with van der Waals surface area (Å²) < 4.78 is 40.2. The summed E-state index contributed by atoms with van der Waals surface area (Å²) in [6.07, 6.45) is -1.82. The van der Waals surface area contributed by atoms with E-state index in [1.165, 1.54) is 28.3 Å². The minimum Gasteiger partial charge on any atom is -0.307 e. The molecule has 3 aromatic heterocycles. The molecule has 5 nitrogen and oxygen atoms in total. The third-order valence-electron chi connectivity index (χ3n) is 3.05. The average Bonchev–Trinajstić information content (AvgIpc) is 2.99. The van der Waals surface area contributed by atoms with E-state index in [-0.39, 0.29) is 12.1 Å². The summed E-state index contributed by atoms with van der Waals surface area (Å²) in [4.78, 5) is 17.2. The van der Waals surface area contributed by atoms with Crippen LogP contribution in [0.1, 0.15) is 16.3 Å². The van der Waals surface area contributed by atoms with Crippen LogP contribution < -0.4 is 5.56 Å². The minimum atomic E-state index is -4.57.